The fourth-order valence-corrected chi connectivity index (χ4v) is 2.28. The Bertz CT molecular complexity index is 767. The van der Waals surface area contributed by atoms with Crippen LogP contribution in [0.3, 0.4) is 0 Å². The predicted molar refractivity (Wildman–Crippen MR) is 96.1 cm³/mol. The van der Waals surface area contributed by atoms with E-state index in [-0.39, 0.29) is 24.1 Å². The zero-order chi connectivity index (χ0) is 18.4. The Morgan fingerprint density at radius 3 is 2.04 bits per heavy atom. The summed E-state index contributed by atoms with van der Waals surface area (Å²) in [7, 11) is 1.56. The number of amides is 2. The number of hydrogen-bond donors (Lipinski definition) is 1. The first kappa shape index (κ1) is 18.2. The lowest BCUT2D eigenvalue weighted by Crippen LogP contribution is -2.36. The van der Waals surface area contributed by atoms with Crippen molar-refractivity contribution in [2.45, 2.75) is 13.8 Å². The van der Waals surface area contributed by atoms with Crippen LogP contribution >= 0.6 is 0 Å². The Morgan fingerprint density at radius 1 is 0.960 bits per heavy atom. The van der Waals surface area contributed by atoms with Crippen LogP contribution in [0.2, 0.25) is 0 Å². The third kappa shape index (κ3) is 4.91. The molecule has 0 aliphatic rings. The molecule has 0 aliphatic carbocycles. The topological polar surface area (TPSA) is 75.7 Å². The van der Waals surface area contributed by atoms with Gasteiger partial charge in [-0.3, -0.25) is 14.4 Å². The number of hydrogen-bond acceptors (Lipinski definition) is 4. The molecule has 0 atom stereocenters. The number of ketones is 1. The molecule has 0 heterocycles. The summed E-state index contributed by atoms with van der Waals surface area (Å²) in [5.74, 6) is 0.0521. The summed E-state index contributed by atoms with van der Waals surface area (Å²) < 4.78 is 5.09. The van der Waals surface area contributed by atoms with E-state index in [0.29, 0.717) is 22.7 Å². The van der Waals surface area contributed by atoms with Gasteiger partial charge in [-0.15, -0.1) is 0 Å². The minimum absolute atomic E-state index is 0.0415. The van der Waals surface area contributed by atoms with Gasteiger partial charge in [0.05, 0.1) is 7.11 Å². The summed E-state index contributed by atoms with van der Waals surface area (Å²) in [5, 5.41) is 2.72. The highest BCUT2D eigenvalue weighted by Crippen LogP contribution is 2.19. The molecular weight excluding hydrogens is 320 g/mol. The van der Waals surface area contributed by atoms with Crippen molar-refractivity contribution in [1.29, 1.82) is 0 Å². The second-order valence-electron chi connectivity index (χ2n) is 5.48. The molecule has 6 nitrogen and oxygen atoms in total. The number of ether oxygens (including phenoxy) is 1. The lowest BCUT2D eigenvalue weighted by Gasteiger charge is -2.21. The van der Waals surface area contributed by atoms with Crippen LogP contribution in [0.1, 0.15) is 24.2 Å². The Balaban J connectivity index is 2.06. The van der Waals surface area contributed by atoms with Gasteiger partial charge in [-0.05, 0) is 55.5 Å². The molecular formula is C19H20N2O4. The smallest absolute Gasteiger partial charge is 0.244 e. The van der Waals surface area contributed by atoms with Gasteiger partial charge in [0, 0.05) is 23.9 Å². The van der Waals surface area contributed by atoms with E-state index in [1.807, 2.05) is 0 Å². The molecule has 2 amide bonds. The summed E-state index contributed by atoms with van der Waals surface area (Å²) in [6, 6.07) is 13.5. The van der Waals surface area contributed by atoms with Crippen molar-refractivity contribution in [2.24, 2.45) is 0 Å². The monoisotopic (exact) mass is 340 g/mol. The fraction of sp³-hybridized carbons (Fsp3) is 0.211. The molecule has 2 aromatic carbocycles. The highest BCUT2D eigenvalue weighted by Gasteiger charge is 2.16. The Labute approximate surface area is 146 Å². The number of anilines is 2. The maximum atomic E-state index is 12.2. The second-order valence-corrected chi connectivity index (χ2v) is 5.48. The number of rotatable bonds is 6. The van der Waals surface area contributed by atoms with Gasteiger partial charge >= 0.3 is 0 Å². The van der Waals surface area contributed by atoms with E-state index in [1.165, 1.54) is 18.7 Å². The molecule has 6 heteroatoms. The number of carbonyl (C=O) groups is 3. The highest BCUT2D eigenvalue weighted by molar-refractivity contribution is 6.02. The minimum Gasteiger partial charge on any atom is -0.497 e. The summed E-state index contributed by atoms with van der Waals surface area (Å²) in [6.45, 7) is 2.77. The maximum absolute atomic E-state index is 12.2. The number of methoxy groups -OCH3 is 1. The lowest BCUT2D eigenvalue weighted by molar-refractivity contribution is -0.120. The summed E-state index contributed by atoms with van der Waals surface area (Å²) in [4.78, 5) is 36.8. The second kappa shape index (κ2) is 8.10. The summed E-state index contributed by atoms with van der Waals surface area (Å²) in [5.41, 5.74) is 1.74. The molecule has 1 N–H and O–H groups in total. The number of nitrogens with one attached hydrogen (secondary N) is 1. The number of Topliss-reactive ketones (excluding diaryl/α,β-unsaturated/α-hetero) is 1. The summed E-state index contributed by atoms with van der Waals surface area (Å²) in [6.07, 6.45) is 0. The molecule has 0 bridgehead atoms. The van der Waals surface area contributed by atoms with Crippen molar-refractivity contribution < 1.29 is 19.1 Å². The molecule has 0 saturated carbocycles. The van der Waals surface area contributed by atoms with E-state index in [2.05, 4.69) is 5.32 Å². The van der Waals surface area contributed by atoms with Crippen molar-refractivity contribution in [3.05, 3.63) is 54.1 Å². The van der Waals surface area contributed by atoms with Crippen molar-refractivity contribution in [3.63, 3.8) is 0 Å². The molecule has 0 aromatic heterocycles. The average molecular weight is 340 g/mol. The van der Waals surface area contributed by atoms with Gasteiger partial charge in [0.25, 0.3) is 0 Å². The van der Waals surface area contributed by atoms with Crippen molar-refractivity contribution >= 4 is 29.0 Å². The van der Waals surface area contributed by atoms with Gasteiger partial charge in [0.1, 0.15) is 12.3 Å². The van der Waals surface area contributed by atoms with E-state index in [0.717, 1.165) is 0 Å². The fourth-order valence-electron chi connectivity index (χ4n) is 2.28. The first-order valence-corrected chi connectivity index (χ1v) is 7.73. The highest BCUT2D eigenvalue weighted by atomic mass is 16.5. The quantitative estimate of drug-likeness (QED) is 0.821. The minimum atomic E-state index is -0.332. The van der Waals surface area contributed by atoms with Gasteiger partial charge in [0.2, 0.25) is 11.8 Å². The van der Waals surface area contributed by atoms with Crippen LogP contribution in [-0.4, -0.2) is 31.3 Å². The SMILES string of the molecule is COc1ccc(N(CC(=O)Nc2ccc(C(C)=O)cc2)C(C)=O)cc1. The Kier molecular flexibility index (Phi) is 5.89. The largest absolute Gasteiger partial charge is 0.497 e. The van der Waals surface area contributed by atoms with Gasteiger partial charge in [-0.2, -0.15) is 0 Å². The molecule has 0 fully saturated rings. The van der Waals surface area contributed by atoms with E-state index < -0.39 is 0 Å². The van der Waals surface area contributed by atoms with Crippen LogP contribution in [0.25, 0.3) is 0 Å². The van der Waals surface area contributed by atoms with Crippen LogP contribution in [0.15, 0.2) is 48.5 Å². The van der Waals surface area contributed by atoms with Gasteiger partial charge in [0.15, 0.2) is 5.78 Å². The van der Waals surface area contributed by atoms with Crippen molar-refractivity contribution in [1.82, 2.24) is 0 Å². The molecule has 0 unspecified atom stereocenters. The zero-order valence-electron chi connectivity index (χ0n) is 14.4. The molecule has 130 valence electrons. The molecule has 2 aromatic rings. The Morgan fingerprint density at radius 2 is 1.56 bits per heavy atom. The van der Waals surface area contributed by atoms with Gasteiger partial charge < -0.3 is 15.0 Å². The molecule has 0 saturated heterocycles. The van der Waals surface area contributed by atoms with Crippen LogP contribution in [0, 0.1) is 0 Å². The van der Waals surface area contributed by atoms with Gasteiger partial charge in [-0.1, -0.05) is 0 Å². The van der Waals surface area contributed by atoms with E-state index in [9.17, 15) is 14.4 Å². The van der Waals surface area contributed by atoms with Crippen LogP contribution in [0.5, 0.6) is 5.75 Å². The molecule has 0 spiro atoms. The first-order valence-electron chi connectivity index (χ1n) is 7.73. The van der Waals surface area contributed by atoms with Crippen LogP contribution < -0.4 is 15.0 Å². The number of benzene rings is 2. The van der Waals surface area contributed by atoms with Gasteiger partial charge in [-0.25, -0.2) is 0 Å². The zero-order valence-corrected chi connectivity index (χ0v) is 14.4. The average Bonchev–Trinajstić information content (AvgIpc) is 2.60. The lowest BCUT2D eigenvalue weighted by atomic mass is 10.1. The van der Waals surface area contributed by atoms with Crippen LogP contribution in [0.4, 0.5) is 11.4 Å². The van der Waals surface area contributed by atoms with E-state index in [1.54, 1.807) is 55.6 Å². The molecule has 2 rings (SSSR count). The normalized spacial score (nSPS) is 10.0. The van der Waals surface area contributed by atoms with Crippen LogP contribution in [-0.2, 0) is 9.59 Å². The number of carbonyl (C=O) groups excluding carboxylic acids is 3. The molecule has 0 radical (unpaired) electrons. The molecule has 25 heavy (non-hydrogen) atoms. The van der Waals surface area contributed by atoms with E-state index >= 15 is 0 Å². The number of nitrogens with zero attached hydrogens (tertiary/aromatic N) is 1. The van der Waals surface area contributed by atoms with E-state index in [4.69, 9.17) is 4.74 Å². The maximum Gasteiger partial charge on any atom is 0.244 e. The third-order valence-corrected chi connectivity index (χ3v) is 3.64. The van der Waals surface area contributed by atoms with Crippen molar-refractivity contribution in [2.75, 3.05) is 23.9 Å². The predicted octanol–water partition coefficient (Wildman–Crippen LogP) is 2.89. The Hall–Kier alpha value is -3.15. The summed E-state index contributed by atoms with van der Waals surface area (Å²) >= 11 is 0. The van der Waals surface area contributed by atoms with Crippen molar-refractivity contribution in [3.8, 4) is 5.75 Å². The molecule has 0 aliphatic heterocycles. The first-order chi connectivity index (χ1) is 11.9. The standard InChI is InChI=1S/C19H20N2O4/c1-13(22)15-4-6-16(7-5-15)20-19(24)12-21(14(2)23)17-8-10-18(25-3)11-9-17/h4-11H,12H2,1-3H3,(H,20,24). The third-order valence-electron chi connectivity index (χ3n) is 3.64.